The largest absolute Gasteiger partial charge is 0.478 e. The van der Waals surface area contributed by atoms with Crippen LogP contribution in [0.15, 0.2) is 16.7 Å². The predicted molar refractivity (Wildman–Crippen MR) is 67.7 cm³/mol. The van der Waals surface area contributed by atoms with E-state index >= 15 is 0 Å². The van der Waals surface area contributed by atoms with Gasteiger partial charge in [-0.25, -0.2) is 4.79 Å². The molecule has 1 aromatic rings. The quantitative estimate of drug-likeness (QED) is 0.805. The minimum Gasteiger partial charge on any atom is -0.478 e. The van der Waals surface area contributed by atoms with Crippen LogP contribution in [0.1, 0.15) is 34.3 Å². The summed E-state index contributed by atoms with van der Waals surface area (Å²) >= 11 is 0. The SMILES string of the molecule is CCOC1CC(NC(=O)c2cc(C(=O)O)co2)C1OC. The fraction of sp³-hybridized carbons (Fsp3) is 0.538. The molecular formula is C13H17NO6. The minimum absolute atomic E-state index is 0.0264. The Labute approximate surface area is 115 Å². The first kappa shape index (κ1) is 14.5. The van der Waals surface area contributed by atoms with Crippen LogP contribution < -0.4 is 5.32 Å². The number of nitrogens with one attached hydrogen (secondary N) is 1. The number of amides is 1. The molecule has 0 aliphatic heterocycles. The fourth-order valence-electron chi connectivity index (χ4n) is 2.22. The highest BCUT2D eigenvalue weighted by Gasteiger charge is 2.43. The second-order valence-corrected chi connectivity index (χ2v) is 4.51. The zero-order chi connectivity index (χ0) is 14.7. The second kappa shape index (κ2) is 6.06. The van der Waals surface area contributed by atoms with Gasteiger partial charge in [-0.1, -0.05) is 0 Å². The van der Waals surface area contributed by atoms with Crippen molar-refractivity contribution in [1.29, 1.82) is 0 Å². The first-order valence-electron chi connectivity index (χ1n) is 6.33. The lowest BCUT2D eigenvalue weighted by molar-refractivity contribution is -0.128. The maximum atomic E-state index is 11.9. The summed E-state index contributed by atoms with van der Waals surface area (Å²) in [6.07, 6.45) is 1.47. The second-order valence-electron chi connectivity index (χ2n) is 4.51. The molecule has 20 heavy (non-hydrogen) atoms. The van der Waals surface area contributed by atoms with E-state index in [0.29, 0.717) is 13.0 Å². The number of carbonyl (C=O) groups is 2. The van der Waals surface area contributed by atoms with Crippen molar-refractivity contribution in [3.63, 3.8) is 0 Å². The Morgan fingerprint density at radius 2 is 2.30 bits per heavy atom. The average molecular weight is 283 g/mol. The third-order valence-corrected chi connectivity index (χ3v) is 3.29. The maximum absolute atomic E-state index is 11.9. The van der Waals surface area contributed by atoms with Crippen LogP contribution in [0.25, 0.3) is 0 Å². The summed E-state index contributed by atoms with van der Waals surface area (Å²) in [4.78, 5) is 22.6. The number of aromatic carboxylic acids is 1. The van der Waals surface area contributed by atoms with Crippen molar-refractivity contribution in [2.24, 2.45) is 0 Å². The van der Waals surface area contributed by atoms with Gasteiger partial charge in [0.1, 0.15) is 12.4 Å². The number of carboxylic acid groups (broad SMARTS) is 1. The highest BCUT2D eigenvalue weighted by atomic mass is 16.5. The van der Waals surface area contributed by atoms with Gasteiger partial charge in [-0.3, -0.25) is 4.79 Å². The van der Waals surface area contributed by atoms with E-state index in [-0.39, 0.29) is 29.6 Å². The van der Waals surface area contributed by atoms with E-state index in [0.717, 1.165) is 6.26 Å². The third-order valence-electron chi connectivity index (χ3n) is 3.29. The molecule has 0 saturated heterocycles. The molecule has 0 radical (unpaired) electrons. The predicted octanol–water partition coefficient (Wildman–Crippen LogP) is 0.900. The van der Waals surface area contributed by atoms with Gasteiger partial charge in [-0.2, -0.15) is 0 Å². The molecule has 7 heteroatoms. The molecule has 1 heterocycles. The Hall–Kier alpha value is -1.86. The van der Waals surface area contributed by atoms with Crippen molar-refractivity contribution >= 4 is 11.9 Å². The summed E-state index contributed by atoms with van der Waals surface area (Å²) in [5, 5.41) is 11.5. The normalized spacial score (nSPS) is 25.0. The molecule has 7 nitrogen and oxygen atoms in total. The Balaban J connectivity index is 1.93. The van der Waals surface area contributed by atoms with E-state index in [1.54, 1.807) is 7.11 Å². The lowest BCUT2D eigenvalue weighted by Gasteiger charge is -2.43. The zero-order valence-electron chi connectivity index (χ0n) is 11.3. The van der Waals surface area contributed by atoms with E-state index in [1.807, 2.05) is 6.92 Å². The summed E-state index contributed by atoms with van der Waals surface area (Å²) in [5.74, 6) is -1.63. The van der Waals surface area contributed by atoms with Crippen LogP contribution in [-0.2, 0) is 9.47 Å². The van der Waals surface area contributed by atoms with Crippen LogP contribution in [-0.4, -0.2) is 48.9 Å². The first-order chi connectivity index (χ1) is 9.56. The summed E-state index contributed by atoms with van der Waals surface area (Å²) in [5.41, 5.74) is -0.0563. The van der Waals surface area contributed by atoms with E-state index in [9.17, 15) is 9.59 Å². The van der Waals surface area contributed by atoms with Gasteiger partial charge in [0.2, 0.25) is 0 Å². The summed E-state index contributed by atoms with van der Waals surface area (Å²) in [6, 6.07) is 1.03. The van der Waals surface area contributed by atoms with Gasteiger partial charge in [-0.15, -0.1) is 0 Å². The lowest BCUT2D eigenvalue weighted by atomic mass is 9.85. The van der Waals surface area contributed by atoms with Gasteiger partial charge in [0.25, 0.3) is 5.91 Å². The van der Waals surface area contributed by atoms with Crippen molar-refractivity contribution in [3.05, 3.63) is 23.7 Å². The number of carboxylic acids is 1. The number of ether oxygens (including phenoxy) is 2. The summed E-state index contributed by atoms with van der Waals surface area (Å²) < 4.78 is 15.7. The van der Waals surface area contributed by atoms with E-state index < -0.39 is 11.9 Å². The average Bonchev–Trinajstić information content (AvgIpc) is 2.87. The molecule has 1 amide bonds. The van der Waals surface area contributed by atoms with Crippen molar-refractivity contribution in [2.75, 3.05) is 13.7 Å². The molecule has 1 aliphatic rings. The summed E-state index contributed by atoms with van der Waals surface area (Å²) in [7, 11) is 1.56. The van der Waals surface area contributed by atoms with Gasteiger partial charge in [0, 0.05) is 19.8 Å². The van der Waals surface area contributed by atoms with Crippen LogP contribution in [0, 0.1) is 0 Å². The van der Waals surface area contributed by atoms with Crippen LogP contribution in [0.4, 0.5) is 0 Å². The van der Waals surface area contributed by atoms with Crippen molar-refractivity contribution in [2.45, 2.75) is 31.6 Å². The highest BCUT2D eigenvalue weighted by Crippen LogP contribution is 2.27. The number of methoxy groups -OCH3 is 1. The monoisotopic (exact) mass is 283 g/mol. The molecule has 0 bridgehead atoms. The van der Waals surface area contributed by atoms with Gasteiger partial charge in [0.05, 0.1) is 17.7 Å². The molecule has 1 aliphatic carbocycles. The Morgan fingerprint density at radius 1 is 1.55 bits per heavy atom. The smallest absolute Gasteiger partial charge is 0.338 e. The molecule has 2 rings (SSSR count). The molecule has 3 unspecified atom stereocenters. The Bertz CT molecular complexity index is 497. The van der Waals surface area contributed by atoms with Crippen LogP contribution in [0.3, 0.4) is 0 Å². The molecular weight excluding hydrogens is 266 g/mol. The lowest BCUT2D eigenvalue weighted by Crippen LogP contribution is -2.60. The van der Waals surface area contributed by atoms with Gasteiger partial charge in [-0.05, 0) is 13.3 Å². The molecule has 1 aromatic heterocycles. The number of hydrogen-bond donors (Lipinski definition) is 2. The topological polar surface area (TPSA) is 98.0 Å². The number of carbonyl (C=O) groups excluding carboxylic acids is 1. The highest BCUT2D eigenvalue weighted by molar-refractivity contribution is 5.95. The van der Waals surface area contributed by atoms with Crippen LogP contribution >= 0.6 is 0 Å². The molecule has 3 atom stereocenters. The molecule has 0 spiro atoms. The molecule has 110 valence electrons. The number of hydrogen-bond acceptors (Lipinski definition) is 5. The van der Waals surface area contributed by atoms with Crippen LogP contribution in [0.5, 0.6) is 0 Å². The maximum Gasteiger partial charge on any atom is 0.338 e. The standard InChI is InChI=1S/C13H17NO6/c1-3-19-9-5-8(11(9)18-2)14-12(15)10-4-7(6-20-10)13(16)17/h4,6,8-9,11H,3,5H2,1-2H3,(H,14,15)(H,16,17). The summed E-state index contributed by atoms with van der Waals surface area (Å²) in [6.45, 7) is 2.49. The van der Waals surface area contributed by atoms with Crippen molar-refractivity contribution in [3.8, 4) is 0 Å². The van der Waals surface area contributed by atoms with Crippen molar-refractivity contribution in [1.82, 2.24) is 5.32 Å². The number of rotatable bonds is 6. The zero-order valence-corrected chi connectivity index (χ0v) is 11.3. The first-order valence-corrected chi connectivity index (χ1v) is 6.33. The Morgan fingerprint density at radius 3 is 2.85 bits per heavy atom. The van der Waals surface area contributed by atoms with E-state index in [1.165, 1.54) is 6.07 Å². The van der Waals surface area contributed by atoms with E-state index in [4.69, 9.17) is 19.0 Å². The Kier molecular flexibility index (Phi) is 4.41. The minimum atomic E-state index is -1.14. The third kappa shape index (κ3) is 2.83. The number of furan rings is 1. The van der Waals surface area contributed by atoms with Gasteiger partial charge in [0.15, 0.2) is 5.76 Å². The molecule has 2 N–H and O–H groups in total. The molecule has 0 aromatic carbocycles. The molecule has 1 fully saturated rings. The van der Waals surface area contributed by atoms with E-state index in [2.05, 4.69) is 5.32 Å². The molecule has 1 saturated carbocycles. The van der Waals surface area contributed by atoms with Gasteiger partial charge < -0.3 is 24.3 Å². The van der Waals surface area contributed by atoms with Crippen LogP contribution in [0.2, 0.25) is 0 Å². The van der Waals surface area contributed by atoms with Crippen molar-refractivity contribution < 1.29 is 28.6 Å². The fourth-order valence-corrected chi connectivity index (χ4v) is 2.22. The van der Waals surface area contributed by atoms with Gasteiger partial charge >= 0.3 is 5.97 Å².